The van der Waals surface area contributed by atoms with Crippen molar-refractivity contribution in [3.8, 4) is 6.07 Å². The minimum atomic E-state index is -3.51. The van der Waals surface area contributed by atoms with Gasteiger partial charge < -0.3 is 0 Å². The summed E-state index contributed by atoms with van der Waals surface area (Å²) in [5.74, 6) is -0.328. The van der Waals surface area contributed by atoms with Gasteiger partial charge in [0.2, 0.25) is 9.84 Å². The first-order chi connectivity index (χ1) is 9.05. The van der Waals surface area contributed by atoms with E-state index in [1.165, 1.54) is 0 Å². The summed E-state index contributed by atoms with van der Waals surface area (Å²) in [6.07, 6.45) is 0. The Balaban J connectivity index is 2.51. The summed E-state index contributed by atoms with van der Waals surface area (Å²) in [6, 6.07) is 16.9. The summed E-state index contributed by atoms with van der Waals surface area (Å²) in [5, 5.41) is 8.90. The van der Waals surface area contributed by atoms with E-state index in [2.05, 4.69) is 6.07 Å². The summed E-state index contributed by atoms with van der Waals surface area (Å²) < 4.78 is 24.8. The highest BCUT2D eigenvalue weighted by Crippen LogP contribution is 2.24. The highest BCUT2D eigenvalue weighted by molar-refractivity contribution is 7.91. The number of rotatable bonds is 3. The summed E-state index contributed by atoms with van der Waals surface area (Å²) in [4.78, 5) is 0.482. The zero-order valence-corrected chi connectivity index (χ0v) is 11.3. The number of nitrogens with zero attached hydrogens (tertiary/aromatic N) is 1. The predicted molar refractivity (Wildman–Crippen MR) is 72.4 cm³/mol. The molecule has 0 amide bonds. The standard InChI is InChI=1S/C15H13NO2S/c1-12(11-16)13-6-5-9-15(10-13)19(17,18)14-7-3-2-4-8-14/h2-10,12H,1H3. The van der Waals surface area contributed by atoms with Gasteiger partial charge in [0.15, 0.2) is 0 Å². The molecule has 0 saturated heterocycles. The molecule has 3 nitrogen and oxygen atoms in total. The maximum atomic E-state index is 12.4. The van der Waals surface area contributed by atoms with Gasteiger partial charge in [-0.1, -0.05) is 30.3 Å². The van der Waals surface area contributed by atoms with E-state index < -0.39 is 9.84 Å². The number of sulfone groups is 1. The van der Waals surface area contributed by atoms with E-state index >= 15 is 0 Å². The van der Waals surface area contributed by atoms with Crippen LogP contribution in [0.25, 0.3) is 0 Å². The zero-order valence-electron chi connectivity index (χ0n) is 10.4. The summed E-state index contributed by atoms with van der Waals surface area (Å²) in [7, 11) is -3.51. The Morgan fingerprint density at radius 3 is 2.26 bits per heavy atom. The topological polar surface area (TPSA) is 57.9 Å². The van der Waals surface area contributed by atoms with Gasteiger partial charge in [0.05, 0.1) is 21.8 Å². The number of benzene rings is 2. The first-order valence-corrected chi connectivity index (χ1v) is 7.34. The monoisotopic (exact) mass is 271 g/mol. The largest absolute Gasteiger partial charge is 0.219 e. The minimum absolute atomic E-state index is 0.221. The summed E-state index contributed by atoms with van der Waals surface area (Å²) in [5.41, 5.74) is 0.708. The van der Waals surface area contributed by atoms with Crippen LogP contribution in [0.3, 0.4) is 0 Å². The molecule has 2 rings (SSSR count). The van der Waals surface area contributed by atoms with Crippen molar-refractivity contribution >= 4 is 9.84 Å². The van der Waals surface area contributed by atoms with Gasteiger partial charge in [-0.2, -0.15) is 5.26 Å². The van der Waals surface area contributed by atoms with Crippen LogP contribution in [0.2, 0.25) is 0 Å². The molecule has 0 saturated carbocycles. The molecule has 0 radical (unpaired) electrons. The molecule has 0 fully saturated rings. The summed E-state index contributed by atoms with van der Waals surface area (Å²) in [6.45, 7) is 1.74. The van der Waals surface area contributed by atoms with Crippen LogP contribution in [0.4, 0.5) is 0 Å². The van der Waals surface area contributed by atoms with Crippen LogP contribution in [0.5, 0.6) is 0 Å². The SMILES string of the molecule is CC(C#N)c1cccc(S(=O)(=O)c2ccccc2)c1. The zero-order chi connectivity index (χ0) is 13.9. The molecular weight excluding hydrogens is 258 g/mol. The van der Waals surface area contributed by atoms with Crippen molar-refractivity contribution in [3.05, 3.63) is 60.2 Å². The third kappa shape index (κ3) is 2.67. The average Bonchev–Trinajstić information content (AvgIpc) is 2.47. The first kappa shape index (κ1) is 13.3. The second-order valence-corrected chi connectivity index (χ2v) is 6.19. The molecule has 0 bridgehead atoms. The van der Waals surface area contributed by atoms with Gasteiger partial charge in [-0.05, 0) is 36.8 Å². The lowest BCUT2D eigenvalue weighted by Gasteiger charge is -2.08. The lowest BCUT2D eigenvalue weighted by molar-refractivity contribution is 0.596. The van der Waals surface area contributed by atoms with Crippen molar-refractivity contribution in [2.75, 3.05) is 0 Å². The van der Waals surface area contributed by atoms with Gasteiger partial charge in [0.25, 0.3) is 0 Å². The lowest BCUT2D eigenvalue weighted by Crippen LogP contribution is -2.03. The molecule has 0 N–H and O–H groups in total. The molecular formula is C15H13NO2S. The molecule has 0 aliphatic rings. The second kappa shape index (κ2) is 5.25. The fourth-order valence-corrected chi connectivity index (χ4v) is 3.10. The molecule has 96 valence electrons. The van der Waals surface area contributed by atoms with Crippen molar-refractivity contribution in [2.24, 2.45) is 0 Å². The molecule has 0 aromatic heterocycles. The van der Waals surface area contributed by atoms with Gasteiger partial charge >= 0.3 is 0 Å². The fourth-order valence-electron chi connectivity index (χ4n) is 1.76. The molecule has 2 aromatic carbocycles. The van der Waals surface area contributed by atoms with Crippen molar-refractivity contribution in [1.29, 1.82) is 5.26 Å². The van der Waals surface area contributed by atoms with E-state index in [1.54, 1.807) is 61.5 Å². The van der Waals surface area contributed by atoms with Gasteiger partial charge in [0.1, 0.15) is 0 Å². The van der Waals surface area contributed by atoms with E-state index in [0.717, 1.165) is 0 Å². The van der Waals surface area contributed by atoms with Gasteiger partial charge in [-0.15, -0.1) is 0 Å². The van der Waals surface area contributed by atoms with Crippen LogP contribution in [-0.4, -0.2) is 8.42 Å². The second-order valence-electron chi connectivity index (χ2n) is 4.24. The number of nitriles is 1. The molecule has 0 heterocycles. The van der Waals surface area contributed by atoms with Crippen LogP contribution >= 0.6 is 0 Å². The Bertz CT molecular complexity index is 715. The Hall–Kier alpha value is -2.12. The van der Waals surface area contributed by atoms with E-state index in [9.17, 15) is 8.42 Å². The van der Waals surface area contributed by atoms with Crippen molar-refractivity contribution in [3.63, 3.8) is 0 Å². The summed E-state index contributed by atoms with van der Waals surface area (Å²) >= 11 is 0. The van der Waals surface area contributed by atoms with E-state index in [1.807, 2.05) is 0 Å². The van der Waals surface area contributed by atoms with Gasteiger partial charge in [-0.3, -0.25) is 0 Å². The van der Waals surface area contributed by atoms with Gasteiger partial charge in [-0.25, -0.2) is 8.42 Å². The number of hydrogen-bond donors (Lipinski definition) is 0. The normalized spacial score (nSPS) is 12.6. The van der Waals surface area contributed by atoms with Crippen molar-refractivity contribution in [2.45, 2.75) is 22.6 Å². The highest BCUT2D eigenvalue weighted by atomic mass is 32.2. The smallest absolute Gasteiger partial charge is 0.206 e. The van der Waals surface area contributed by atoms with Crippen LogP contribution in [-0.2, 0) is 9.84 Å². The molecule has 0 aliphatic carbocycles. The highest BCUT2D eigenvalue weighted by Gasteiger charge is 2.18. The molecule has 19 heavy (non-hydrogen) atoms. The Morgan fingerprint density at radius 2 is 1.63 bits per heavy atom. The third-order valence-electron chi connectivity index (χ3n) is 2.92. The Morgan fingerprint density at radius 1 is 1.00 bits per heavy atom. The Kier molecular flexibility index (Phi) is 3.68. The molecule has 1 unspecified atom stereocenters. The minimum Gasteiger partial charge on any atom is -0.219 e. The fraction of sp³-hybridized carbons (Fsp3) is 0.133. The van der Waals surface area contributed by atoms with E-state index in [0.29, 0.717) is 5.56 Å². The lowest BCUT2D eigenvalue weighted by atomic mass is 10.0. The van der Waals surface area contributed by atoms with Crippen molar-refractivity contribution < 1.29 is 8.42 Å². The molecule has 0 aliphatic heterocycles. The average molecular weight is 271 g/mol. The van der Waals surface area contributed by atoms with Crippen LogP contribution < -0.4 is 0 Å². The maximum Gasteiger partial charge on any atom is 0.206 e. The quantitative estimate of drug-likeness (QED) is 0.861. The van der Waals surface area contributed by atoms with Crippen molar-refractivity contribution in [1.82, 2.24) is 0 Å². The predicted octanol–water partition coefficient (Wildman–Crippen LogP) is 3.15. The maximum absolute atomic E-state index is 12.4. The molecule has 0 spiro atoms. The van der Waals surface area contributed by atoms with Crippen LogP contribution in [0, 0.1) is 11.3 Å². The Labute approximate surface area is 113 Å². The van der Waals surface area contributed by atoms with E-state index in [4.69, 9.17) is 5.26 Å². The molecule has 4 heteroatoms. The molecule has 2 aromatic rings. The van der Waals surface area contributed by atoms with Crippen LogP contribution in [0.15, 0.2) is 64.4 Å². The third-order valence-corrected chi connectivity index (χ3v) is 4.68. The first-order valence-electron chi connectivity index (χ1n) is 5.85. The number of hydrogen-bond acceptors (Lipinski definition) is 3. The van der Waals surface area contributed by atoms with Crippen LogP contribution in [0.1, 0.15) is 18.4 Å². The van der Waals surface area contributed by atoms with Gasteiger partial charge in [0, 0.05) is 0 Å². The van der Waals surface area contributed by atoms with E-state index in [-0.39, 0.29) is 15.7 Å². The molecule has 1 atom stereocenters.